The van der Waals surface area contributed by atoms with Crippen LogP contribution in [0, 0.1) is 0 Å². The maximum Gasteiger partial charge on any atom is 0.143 e. The van der Waals surface area contributed by atoms with Crippen molar-refractivity contribution in [3.05, 3.63) is 249 Å². The Morgan fingerprint density at radius 1 is 0.219 bits per heavy atom. The van der Waals surface area contributed by atoms with Crippen molar-refractivity contribution in [3.8, 4) is 55.6 Å². The molecule has 11 aromatic carbocycles. The molecule has 0 saturated carbocycles. The van der Waals surface area contributed by atoms with Crippen LogP contribution in [0.3, 0.4) is 0 Å². The molecule has 0 amide bonds. The van der Waals surface area contributed by atoms with Gasteiger partial charge < -0.3 is 9.32 Å². The number of hydrogen-bond donors (Lipinski definition) is 0. The molecule has 300 valence electrons. The summed E-state index contributed by atoms with van der Waals surface area (Å²) in [5, 5.41) is 7.25. The van der Waals surface area contributed by atoms with Gasteiger partial charge in [0.25, 0.3) is 0 Å². The molecule has 12 rings (SSSR count). The fourth-order valence-electron chi connectivity index (χ4n) is 9.52. The van der Waals surface area contributed by atoms with Crippen LogP contribution in [0.5, 0.6) is 0 Å². The number of para-hydroxylation sites is 2. The highest BCUT2D eigenvalue weighted by molar-refractivity contribution is 6.13. The molecule has 1 heterocycles. The van der Waals surface area contributed by atoms with Crippen molar-refractivity contribution in [3.63, 3.8) is 0 Å². The largest absolute Gasteiger partial charge is 0.455 e. The Morgan fingerprint density at radius 3 is 1.02 bits per heavy atom. The summed E-state index contributed by atoms with van der Waals surface area (Å²) in [7, 11) is 0. The van der Waals surface area contributed by atoms with E-state index in [2.05, 4.69) is 248 Å². The van der Waals surface area contributed by atoms with Gasteiger partial charge in [-0.1, -0.05) is 212 Å². The summed E-state index contributed by atoms with van der Waals surface area (Å²) in [5.41, 5.74) is 16.7. The molecule has 2 nitrogen and oxygen atoms in total. The minimum atomic E-state index is 0.911. The predicted molar refractivity (Wildman–Crippen MR) is 271 cm³/mol. The van der Waals surface area contributed by atoms with Gasteiger partial charge >= 0.3 is 0 Å². The minimum Gasteiger partial charge on any atom is -0.455 e. The molecule has 0 atom stereocenters. The summed E-state index contributed by atoms with van der Waals surface area (Å²) >= 11 is 0. The molecule has 12 aromatic rings. The molecule has 0 aliphatic carbocycles. The van der Waals surface area contributed by atoms with Crippen LogP contribution >= 0.6 is 0 Å². The Hall–Kier alpha value is -8.46. The van der Waals surface area contributed by atoms with Gasteiger partial charge in [0.15, 0.2) is 0 Å². The van der Waals surface area contributed by atoms with Crippen LogP contribution in [0.1, 0.15) is 0 Å². The zero-order valence-corrected chi connectivity index (χ0v) is 35.0. The third kappa shape index (κ3) is 6.61. The van der Waals surface area contributed by atoms with E-state index in [9.17, 15) is 0 Å². The number of fused-ring (bicyclic) bond motifs is 5. The van der Waals surface area contributed by atoms with Gasteiger partial charge in [0.2, 0.25) is 0 Å². The average molecular weight is 816 g/mol. The summed E-state index contributed by atoms with van der Waals surface area (Å²) in [6, 6.07) is 89.4. The lowest BCUT2D eigenvalue weighted by molar-refractivity contribution is 0.671. The first-order valence-corrected chi connectivity index (χ1v) is 21.9. The molecule has 0 aliphatic rings. The lowest BCUT2D eigenvalue weighted by Crippen LogP contribution is -2.09. The van der Waals surface area contributed by atoms with E-state index < -0.39 is 0 Å². The van der Waals surface area contributed by atoms with E-state index in [-0.39, 0.29) is 0 Å². The van der Waals surface area contributed by atoms with Gasteiger partial charge in [-0.3, -0.25) is 0 Å². The molecule has 0 bridgehead atoms. The Kier molecular flexibility index (Phi) is 9.20. The molecule has 0 fully saturated rings. The Balaban J connectivity index is 0.884. The molecule has 0 aliphatic heterocycles. The smallest absolute Gasteiger partial charge is 0.143 e. The molecular formula is C62H41NO. The van der Waals surface area contributed by atoms with Gasteiger partial charge in [-0.05, 0) is 102 Å². The first-order valence-electron chi connectivity index (χ1n) is 21.9. The SMILES string of the molecule is c1ccc(-c2cccc3c2oc2c(-c4ccc(-c5ccc(N(c6ccc(-c7cccc8ccccc78)cc6)c6ccc(-c7cccc8ccccc78)cc6)cc5)cc4)cccc23)cc1. The van der Waals surface area contributed by atoms with Crippen molar-refractivity contribution in [1.29, 1.82) is 0 Å². The minimum absolute atomic E-state index is 0.911. The van der Waals surface area contributed by atoms with E-state index in [1.807, 2.05) is 6.07 Å². The number of furan rings is 1. The second-order valence-corrected chi connectivity index (χ2v) is 16.4. The third-order valence-electron chi connectivity index (χ3n) is 12.7. The van der Waals surface area contributed by atoms with Crippen molar-refractivity contribution in [1.82, 2.24) is 0 Å². The second-order valence-electron chi connectivity index (χ2n) is 16.4. The van der Waals surface area contributed by atoms with Gasteiger partial charge in [0.05, 0.1) is 0 Å². The van der Waals surface area contributed by atoms with Crippen LogP contribution in [0.25, 0.3) is 99.1 Å². The normalized spacial score (nSPS) is 11.4. The van der Waals surface area contributed by atoms with Gasteiger partial charge in [-0.2, -0.15) is 0 Å². The van der Waals surface area contributed by atoms with Crippen molar-refractivity contribution >= 4 is 60.5 Å². The van der Waals surface area contributed by atoms with E-state index in [4.69, 9.17) is 4.42 Å². The van der Waals surface area contributed by atoms with Crippen LogP contribution in [-0.2, 0) is 0 Å². The maximum atomic E-state index is 6.73. The first-order chi connectivity index (χ1) is 31.7. The molecule has 0 radical (unpaired) electrons. The lowest BCUT2D eigenvalue weighted by Gasteiger charge is -2.26. The highest BCUT2D eigenvalue weighted by Gasteiger charge is 2.17. The van der Waals surface area contributed by atoms with Crippen LogP contribution < -0.4 is 4.90 Å². The second kappa shape index (κ2) is 15.8. The quantitative estimate of drug-likeness (QED) is 0.152. The molecule has 0 saturated heterocycles. The Labute approximate surface area is 372 Å². The number of nitrogens with zero attached hydrogens (tertiary/aromatic N) is 1. The highest BCUT2D eigenvalue weighted by Crippen LogP contribution is 2.42. The van der Waals surface area contributed by atoms with Gasteiger partial charge in [-0.15, -0.1) is 0 Å². The third-order valence-corrected chi connectivity index (χ3v) is 12.7. The average Bonchev–Trinajstić information content (AvgIpc) is 3.77. The molecule has 0 unspecified atom stereocenters. The number of hydrogen-bond acceptors (Lipinski definition) is 2. The van der Waals surface area contributed by atoms with Crippen molar-refractivity contribution in [2.45, 2.75) is 0 Å². The maximum absolute atomic E-state index is 6.73. The summed E-state index contributed by atoms with van der Waals surface area (Å²) < 4.78 is 6.73. The number of benzene rings is 11. The van der Waals surface area contributed by atoms with E-state index in [1.54, 1.807) is 0 Å². The fourth-order valence-corrected chi connectivity index (χ4v) is 9.52. The molecule has 0 N–H and O–H groups in total. The standard InChI is InChI=1S/C62H41NO/c1-2-12-46(13-3-1)57-22-10-24-59-60-25-11-23-58(62(60)64-61(57)59)49-28-26-42(27-29-49)43-30-36-50(37-31-43)63(51-38-32-47(33-39-51)55-20-8-16-44-14-4-6-18-53(44)55)52-40-34-48(35-41-52)56-21-9-17-45-15-5-7-19-54(45)56/h1-41H. The zero-order valence-electron chi connectivity index (χ0n) is 35.0. The molecule has 1 aromatic heterocycles. The monoisotopic (exact) mass is 815 g/mol. The van der Waals surface area contributed by atoms with E-state index in [1.165, 1.54) is 43.8 Å². The Morgan fingerprint density at radius 2 is 0.531 bits per heavy atom. The van der Waals surface area contributed by atoms with Crippen molar-refractivity contribution in [2.24, 2.45) is 0 Å². The molecule has 64 heavy (non-hydrogen) atoms. The summed E-state index contributed by atoms with van der Waals surface area (Å²) in [4.78, 5) is 2.35. The van der Waals surface area contributed by atoms with Crippen LogP contribution in [0.4, 0.5) is 17.1 Å². The van der Waals surface area contributed by atoms with Crippen LogP contribution in [-0.4, -0.2) is 0 Å². The Bertz CT molecular complexity index is 3490. The predicted octanol–water partition coefficient (Wildman–Crippen LogP) is 17.7. The van der Waals surface area contributed by atoms with Crippen LogP contribution in [0.15, 0.2) is 253 Å². The van der Waals surface area contributed by atoms with E-state index in [0.29, 0.717) is 0 Å². The summed E-state index contributed by atoms with van der Waals surface area (Å²) in [5.74, 6) is 0. The fraction of sp³-hybridized carbons (Fsp3) is 0. The molecular weight excluding hydrogens is 775 g/mol. The van der Waals surface area contributed by atoms with Gasteiger partial charge in [-0.25, -0.2) is 0 Å². The van der Waals surface area contributed by atoms with Gasteiger partial charge in [0.1, 0.15) is 11.2 Å². The summed E-state index contributed by atoms with van der Waals surface area (Å²) in [6.45, 7) is 0. The van der Waals surface area contributed by atoms with Gasteiger partial charge in [0, 0.05) is 39.0 Å². The lowest BCUT2D eigenvalue weighted by atomic mass is 9.97. The summed E-state index contributed by atoms with van der Waals surface area (Å²) in [6.07, 6.45) is 0. The van der Waals surface area contributed by atoms with Crippen LogP contribution in [0.2, 0.25) is 0 Å². The van der Waals surface area contributed by atoms with Crippen molar-refractivity contribution < 1.29 is 4.42 Å². The first kappa shape index (κ1) is 37.3. The number of rotatable bonds is 8. The molecule has 2 heteroatoms. The van der Waals surface area contributed by atoms with E-state index >= 15 is 0 Å². The van der Waals surface area contributed by atoms with Crippen molar-refractivity contribution in [2.75, 3.05) is 4.90 Å². The van der Waals surface area contributed by atoms with E-state index in [0.717, 1.165) is 72.4 Å². The highest BCUT2D eigenvalue weighted by atomic mass is 16.3. The topological polar surface area (TPSA) is 16.4 Å². The molecule has 0 spiro atoms. The zero-order chi connectivity index (χ0) is 42.4. The number of anilines is 3.